The van der Waals surface area contributed by atoms with Crippen LogP contribution in [0.2, 0.25) is 0 Å². The van der Waals surface area contributed by atoms with Crippen molar-refractivity contribution in [2.24, 2.45) is 21.6 Å². The van der Waals surface area contributed by atoms with E-state index in [1.807, 2.05) is 0 Å². The zero-order valence-electron chi connectivity index (χ0n) is 34.9. The molecule has 4 rings (SSSR count). The average molecular weight is 1160 g/mol. The van der Waals surface area contributed by atoms with Crippen molar-refractivity contribution in [1.29, 1.82) is 0 Å². The Balaban J connectivity index is 0.00000726. The van der Waals surface area contributed by atoms with Crippen LogP contribution in [0.1, 0.15) is 60.1 Å². The average Bonchev–Trinajstić information content (AvgIpc) is 3.66. The molecule has 0 fully saturated rings. The molecule has 1 aliphatic rings. The Kier molecular flexibility index (Phi) is 23.0. The van der Waals surface area contributed by atoms with Crippen LogP contribution in [0.25, 0.3) is 0 Å². The predicted molar refractivity (Wildman–Crippen MR) is 232 cm³/mol. The van der Waals surface area contributed by atoms with E-state index in [4.69, 9.17) is 11.5 Å². The van der Waals surface area contributed by atoms with Gasteiger partial charge in [0.15, 0.2) is 11.1 Å². The zero-order valence-corrected chi connectivity index (χ0v) is 41.2. The molecule has 6 amide bonds. The first-order valence-electron chi connectivity index (χ1n) is 19.2. The Morgan fingerprint density at radius 2 is 1.72 bits per heavy atom. The number of rotatable bonds is 16. The van der Waals surface area contributed by atoms with Gasteiger partial charge in [-0.3, -0.25) is 48.5 Å². The number of fused-ring (bicyclic) bond motifs is 2. The van der Waals surface area contributed by atoms with Gasteiger partial charge in [-0.05, 0) is 50.3 Å². The molecule has 1 aromatic carbocycles. The molecule has 65 heavy (non-hydrogen) atoms. The van der Waals surface area contributed by atoms with E-state index in [-0.39, 0.29) is 127 Å². The Morgan fingerprint density at radius 1 is 1.00 bits per heavy atom. The monoisotopic (exact) mass is 1160 g/mol. The number of nitrogens with two attached hydrogens (primary N) is 2. The number of guanidine groups is 1. The second kappa shape index (κ2) is 27.0. The number of hydrogen-bond donors (Lipinski definition) is 10. The Hall–Kier alpha value is -5.66. The molecule has 3 heterocycles. The number of nitrogens with one attached hydrogen (secondary N) is 6. The number of likely N-dealkylation sites (N-methyl/N-ethyl adjacent to an activating group) is 1. The third-order valence-corrected chi connectivity index (χ3v) is 10.8. The summed E-state index contributed by atoms with van der Waals surface area (Å²) in [7, 11) is -3.12. The number of carbonyl (C=O) groups is 7. The van der Waals surface area contributed by atoms with Crippen LogP contribution in [-0.2, 0) is 45.3 Å². The maximum absolute atomic E-state index is 14.1. The second-order valence-corrected chi connectivity index (χ2v) is 16.1. The van der Waals surface area contributed by atoms with E-state index < -0.39 is 82.6 Å². The fourth-order valence-electron chi connectivity index (χ4n) is 5.97. The van der Waals surface area contributed by atoms with E-state index in [1.165, 1.54) is 55.2 Å². The molecule has 2 aromatic heterocycles. The zero-order chi connectivity index (χ0) is 46.1. The molecule has 0 saturated carbocycles. The van der Waals surface area contributed by atoms with Gasteiger partial charge in [0.2, 0.25) is 29.5 Å². The SMILES string of the molecule is CN1C(=O)[C@@H](CCCCNC(=O)c2ccc(N/N=C\c3ccccc3S(=O)(=O)O)nc2)NC(=O)Cc2csc(n2)NC(=O)[C@H](CC(=O)O)NC(=O)CNC(=O)[C@@H]1CCCN=C(N)N.O.[Ac]. The standard InChI is InChI=1S/C37H47N13O11S2.Ac.H2O/c1-50-26(9-6-14-41-36(38)39)34(57)43-19-30(52)47-25(16-31(53)54)33(56)48-37-45-23(20-62-37)15-29(51)46-24(35(50)58)8-4-5-13-40-32(55)22-11-12-28(42-17-22)49-44-18-21-7-2-3-10-27(21)63(59,60)61;;/h2-3,7,10-12,17-18,20,24-26H,4-6,8-9,13-16,19H2,1H3,(H,40,55)(H,42,49)(H,43,57)(H,46,51)(H,47,52)(H,53,54)(H4,38,39,41)(H,45,48,56)(H,59,60,61);;1H2/b44-18-;;/t24-,25+,26+;;/m1../s1. The van der Waals surface area contributed by atoms with Crippen LogP contribution in [0.3, 0.4) is 0 Å². The van der Waals surface area contributed by atoms with Crippen LogP contribution in [0, 0.1) is 44.1 Å². The molecule has 3 aromatic rings. The number of aliphatic imine (C=N–C) groups is 1. The molecular weight excluding hydrogens is 1110 g/mol. The van der Waals surface area contributed by atoms with Gasteiger partial charge in [-0.15, -0.1) is 11.3 Å². The predicted octanol–water partition coefficient (Wildman–Crippen LogP) is -2.06. The summed E-state index contributed by atoms with van der Waals surface area (Å²) in [6, 6.07) is 4.73. The van der Waals surface area contributed by atoms with Crippen molar-refractivity contribution in [3.8, 4) is 0 Å². The summed E-state index contributed by atoms with van der Waals surface area (Å²) in [6.45, 7) is -0.407. The van der Waals surface area contributed by atoms with Gasteiger partial charge >= 0.3 is 5.97 Å². The summed E-state index contributed by atoms with van der Waals surface area (Å²) in [5.74, 6) is -5.58. The first kappa shape index (κ1) is 55.5. The van der Waals surface area contributed by atoms with E-state index >= 15 is 0 Å². The fourth-order valence-corrected chi connectivity index (χ4v) is 7.36. The summed E-state index contributed by atoms with van der Waals surface area (Å²) in [5.41, 5.74) is 14.0. The molecule has 349 valence electrons. The molecule has 25 nitrogen and oxygen atoms in total. The number of carbonyl (C=O) groups excluding carboxylic acids is 6. The number of nitrogens with zero attached hydrogens (tertiary/aromatic N) is 5. The van der Waals surface area contributed by atoms with E-state index in [0.29, 0.717) is 12.8 Å². The van der Waals surface area contributed by atoms with E-state index in [9.17, 15) is 51.6 Å². The van der Waals surface area contributed by atoms with Crippen molar-refractivity contribution in [2.45, 2.75) is 68.0 Å². The number of benzene rings is 1. The van der Waals surface area contributed by atoms with Gasteiger partial charge in [-0.1, -0.05) is 18.2 Å². The third kappa shape index (κ3) is 18.4. The first-order valence-corrected chi connectivity index (χ1v) is 21.5. The molecule has 1 radical (unpaired) electrons. The molecule has 14 N–H and O–H groups in total. The molecular formula is C37H49AcN13O12S2. The number of amides is 6. The number of hydrazone groups is 1. The van der Waals surface area contributed by atoms with Crippen molar-refractivity contribution < 1.29 is 101 Å². The van der Waals surface area contributed by atoms with E-state index in [0.717, 1.165) is 16.2 Å². The summed E-state index contributed by atoms with van der Waals surface area (Å²) >= 11 is 0.950. The molecule has 0 unspecified atom stereocenters. The number of thiazole rings is 1. The van der Waals surface area contributed by atoms with Crippen LogP contribution in [0.4, 0.5) is 10.9 Å². The number of aromatic nitrogens is 2. The summed E-state index contributed by atoms with van der Waals surface area (Å²) in [4.78, 5) is 104. The Morgan fingerprint density at radius 3 is 2.40 bits per heavy atom. The maximum atomic E-state index is 14.1. The van der Waals surface area contributed by atoms with Gasteiger partial charge in [0, 0.05) is 81.3 Å². The van der Waals surface area contributed by atoms with Gasteiger partial charge in [-0.25, -0.2) is 9.97 Å². The summed E-state index contributed by atoms with van der Waals surface area (Å²) in [5, 5.41) is 27.4. The van der Waals surface area contributed by atoms with E-state index in [1.54, 1.807) is 6.07 Å². The fraction of sp³-hybridized carbons (Fsp3) is 0.378. The first-order chi connectivity index (χ1) is 29.9. The van der Waals surface area contributed by atoms with Crippen molar-refractivity contribution in [3.05, 3.63) is 64.8 Å². The molecule has 0 aliphatic carbocycles. The largest absolute Gasteiger partial charge is 0.481 e. The van der Waals surface area contributed by atoms with Gasteiger partial charge < -0.3 is 53.5 Å². The van der Waals surface area contributed by atoms with Crippen molar-refractivity contribution in [1.82, 2.24) is 36.1 Å². The van der Waals surface area contributed by atoms with Crippen molar-refractivity contribution in [2.75, 3.05) is 37.4 Å². The number of carboxylic acid groups (broad SMARTS) is 1. The molecule has 3 atom stereocenters. The number of hydrogen-bond acceptors (Lipinski definition) is 15. The minimum absolute atomic E-state index is 0. The molecule has 28 heteroatoms. The topological polar surface area (TPSA) is 404 Å². The van der Waals surface area contributed by atoms with Gasteiger partial charge in [0.05, 0.1) is 36.9 Å². The maximum Gasteiger partial charge on any atom is 0.305 e. The van der Waals surface area contributed by atoms with Crippen LogP contribution >= 0.6 is 11.3 Å². The van der Waals surface area contributed by atoms with Crippen LogP contribution < -0.4 is 43.5 Å². The van der Waals surface area contributed by atoms with Crippen LogP contribution in [-0.4, -0.2) is 137 Å². The second-order valence-electron chi connectivity index (χ2n) is 13.8. The summed E-state index contributed by atoms with van der Waals surface area (Å²) < 4.78 is 32.6. The summed E-state index contributed by atoms with van der Waals surface area (Å²) in [6.07, 6.45) is 2.38. The smallest absolute Gasteiger partial charge is 0.305 e. The normalized spacial score (nSPS) is 17.4. The van der Waals surface area contributed by atoms with Gasteiger partial charge in [0.1, 0.15) is 28.8 Å². The Labute approximate surface area is 412 Å². The molecule has 2 bridgehead atoms. The third-order valence-electron chi connectivity index (χ3n) is 9.07. The number of unbranched alkanes of at least 4 members (excludes halogenated alkanes) is 1. The van der Waals surface area contributed by atoms with Crippen molar-refractivity contribution >= 4 is 86.0 Å². The van der Waals surface area contributed by atoms with E-state index in [2.05, 4.69) is 52.1 Å². The Bertz CT molecular complexity index is 2330. The molecule has 0 saturated heterocycles. The van der Waals surface area contributed by atoms with Crippen molar-refractivity contribution in [3.63, 3.8) is 0 Å². The molecule has 1 aliphatic heterocycles. The van der Waals surface area contributed by atoms with Gasteiger partial charge in [-0.2, -0.15) is 13.5 Å². The van der Waals surface area contributed by atoms with Crippen LogP contribution in [0.5, 0.6) is 0 Å². The number of anilines is 2. The van der Waals surface area contributed by atoms with Gasteiger partial charge in [0.25, 0.3) is 16.0 Å². The number of aliphatic carboxylic acids is 1. The minimum atomic E-state index is -4.47. The number of pyridine rings is 1. The molecule has 0 spiro atoms. The van der Waals surface area contributed by atoms with Crippen LogP contribution in [0.15, 0.2) is 63.0 Å². The number of carboxylic acids is 1. The quantitative estimate of drug-likeness (QED) is 0.0242. The minimum Gasteiger partial charge on any atom is -0.481 e.